The average molecular weight is 417 g/mol. The second kappa shape index (κ2) is 8.93. The van der Waals surface area contributed by atoms with Crippen LogP contribution in [0.3, 0.4) is 0 Å². The van der Waals surface area contributed by atoms with Crippen LogP contribution < -0.4 is 11.3 Å². The number of hydroxylamine groups is 1. The Bertz CT molecular complexity index is 840. The molecule has 30 heavy (non-hydrogen) atoms. The summed E-state index contributed by atoms with van der Waals surface area (Å²) in [6, 6.07) is 6.79. The molecule has 9 heteroatoms. The molecular weight excluding hydrogens is 388 g/mol. The molecule has 0 aromatic heterocycles. The van der Waals surface area contributed by atoms with Gasteiger partial charge < -0.3 is 19.4 Å². The normalized spacial score (nSPS) is 21.4. The smallest absolute Gasteiger partial charge is 0.252 e. The second-order valence-electron chi connectivity index (χ2n) is 7.82. The van der Waals surface area contributed by atoms with Crippen molar-refractivity contribution in [3.8, 4) is 0 Å². The van der Waals surface area contributed by atoms with Crippen LogP contribution >= 0.6 is 0 Å². The number of quaternary nitrogens is 1. The highest BCUT2D eigenvalue weighted by molar-refractivity contribution is 6.25. The predicted octanol–water partition coefficient (Wildman–Crippen LogP) is -0.193. The Kier molecular flexibility index (Phi) is 6.28. The number of hydrogen-bond acceptors (Lipinski definition) is 8. The highest BCUT2D eigenvalue weighted by Crippen LogP contribution is 2.31. The first-order chi connectivity index (χ1) is 14.5. The third kappa shape index (κ3) is 4.04. The monoisotopic (exact) mass is 417 g/mol. The zero-order chi connectivity index (χ0) is 21.1. The molecule has 0 radical (unpaired) electrons. The molecule has 0 atom stereocenters. The first kappa shape index (κ1) is 21.1. The minimum Gasteiger partial charge on any atom is -0.347 e. The zero-order valence-corrected chi connectivity index (χ0v) is 17.3. The minimum atomic E-state index is -0.381. The molecule has 2 aliphatic heterocycles. The molecule has 3 aliphatic rings. The molecule has 4 N–H and O–H groups in total. The summed E-state index contributed by atoms with van der Waals surface area (Å²) >= 11 is 0. The molecule has 1 aromatic rings. The summed E-state index contributed by atoms with van der Waals surface area (Å²) in [5.74, 6) is 5.36. The molecule has 1 aliphatic carbocycles. The minimum absolute atomic E-state index is 0.186. The van der Waals surface area contributed by atoms with E-state index in [4.69, 9.17) is 20.2 Å². The number of piperidine rings is 1. The van der Waals surface area contributed by atoms with Crippen molar-refractivity contribution in [1.29, 1.82) is 0 Å². The van der Waals surface area contributed by atoms with Crippen molar-refractivity contribution in [2.24, 2.45) is 5.84 Å². The Morgan fingerprint density at radius 3 is 2.40 bits per heavy atom. The Morgan fingerprint density at radius 1 is 1.13 bits per heavy atom. The molecule has 0 saturated carbocycles. The summed E-state index contributed by atoms with van der Waals surface area (Å²) in [5.41, 5.74) is 2.43. The molecule has 2 fully saturated rings. The van der Waals surface area contributed by atoms with E-state index in [1.165, 1.54) is 17.6 Å². The van der Waals surface area contributed by atoms with Gasteiger partial charge in [-0.2, -0.15) is 5.48 Å². The van der Waals surface area contributed by atoms with Crippen LogP contribution in [0.4, 0.5) is 0 Å². The molecule has 9 nitrogen and oxygen atoms in total. The number of allylic oxidation sites excluding steroid dienone is 2. The lowest BCUT2D eigenvalue weighted by Gasteiger charge is -2.37. The van der Waals surface area contributed by atoms with E-state index in [9.17, 15) is 9.59 Å². The van der Waals surface area contributed by atoms with Crippen molar-refractivity contribution in [2.75, 3.05) is 46.5 Å². The number of nitrogens with zero attached hydrogens (tertiary/aromatic N) is 2. The van der Waals surface area contributed by atoms with Gasteiger partial charge in [0.1, 0.15) is 0 Å². The van der Waals surface area contributed by atoms with Crippen LogP contribution in [-0.2, 0) is 14.3 Å². The SMILES string of the molecule is CO[NH2+]C1=C(N(N)CCCN2CCC3(CC2)OCCO3)C(=O)c2ccccc2C1=O. The summed E-state index contributed by atoms with van der Waals surface area (Å²) in [4.78, 5) is 33.3. The number of Topliss-reactive ketones (excluding diaryl/α,β-unsaturated/α-hetero) is 2. The Labute approximate surface area is 175 Å². The van der Waals surface area contributed by atoms with Gasteiger partial charge in [-0.05, 0) is 13.0 Å². The van der Waals surface area contributed by atoms with E-state index >= 15 is 0 Å². The molecule has 2 heterocycles. The standard InChI is InChI=1S/C21H28N4O5/c1-28-23-17-18(20(27)16-6-3-2-5-15(16)19(17)26)25(22)10-4-9-24-11-7-21(8-12-24)29-13-14-30-21/h2-3,5-6,23H,4,7-14,22H2,1H3/p+1. The van der Waals surface area contributed by atoms with E-state index in [1.807, 2.05) is 0 Å². The van der Waals surface area contributed by atoms with Crippen molar-refractivity contribution in [1.82, 2.24) is 9.91 Å². The van der Waals surface area contributed by atoms with Crippen LogP contribution in [0.15, 0.2) is 35.7 Å². The van der Waals surface area contributed by atoms with Crippen LogP contribution in [-0.4, -0.2) is 73.8 Å². The van der Waals surface area contributed by atoms with Crippen LogP contribution in [0.5, 0.6) is 0 Å². The summed E-state index contributed by atoms with van der Waals surface area (Å²) in [7, 11) is 1.45. The molecule has 162 valence electrons. The quantitative estimate of drug-likeness (QED) is 0.464. The van der Waals surface area contributed by atoms with Gasteiger partial charge in [0.25, 0.3) is 5.78 Å². The van der Waals surface area contributed by atoms with E-state index in [1.54, 1.807) is 24.3 Å². The number of likely N-dealkylation sites (tertiary alicyclic amines) is 1. The van der Waals surface area contributed by atoms with Gasteiger partial charge in [-0.1, -0.05) is 24.3 Å². The Hall–Kier alpha value is -2.14. The lowest BCUT2D eigenvalue weighted by atomic mass is 9.90. The first-order valence-corrected chi connectivity index (χ1v) is 10.4. The van der Waals surface area contributed by atoms with Gasteiger partial charge in [0, 0.05) is 43.6 Å². The summed E-state index contributed by atoms with van der Waals surface area (Å²) in [6.45, 7) is 4.45. The van der Waals surface area contributed by atoms with Gasteiger partial charge in [0.05, 0.1) is 20.3 Å². The van der Waals surface area contributed by atoms with Gasteiger partial charge in [-0.15, -0.1) is 0 Å². The third-order valence-electron chi connectivity index (χ3n) is 5.96. The molecule has 2 saturated heterocycles. The van der Waals surface area contributed by atoms with E-state index in [2.05, 4.69) is 4.90 Å². The number of nitrogens with two attached hydrogens (primary N) is 2. The van der Waals surface area contributed by atoms with E-state index in [-0.39, 0.29) is 28.7 Å². The van der Waals surface area contributed by atoms with Crippen molar-refractivity contribution in [3.05, 3.63) is 46.8 Å². The number of ketones is 2. The average Bonchev–Trinajstić information content (AvgIpc) is 3.21. The number of carbonyl (C=O) groups excluding carboxylic acids is 2. The van der Waals surface area contributed by atoms with Crippen molar-refractivity contribution >= 4 is 11.6 Å². The van der Waals surface area contributed by atoms with Crippen LogP contribution in [0.2, 0.25) is 0 Å². The number of ether oxygens (including phenoxy) is 2. The van der Waals surface area contributed by atoms with Crippen molar-refractivity contribution < 1.29 is 29.4 Å². The molecule has 0 unspecified atom stereocenters. The summed E-state index contributed by atoms with van der Waals surface area (Å²) in [6.07, 6.45) is 2.49. The number of rotatable bonds is 7. The van der Waals surface area contributed by atoms with Gasteiger partial charge in [0.15, 0.2) is 11.5 Å². The molecular formula is C21H29N4O5+. The second-order valence-corrected chi connectivity index (χ2v) is 7.82. The molecule has 1 aromatic carbocycles. The number of hydrazine groups is 1. The van der Waals surface area contributed by atoms with Gasteiger partial charge >= 0.3 is 0 Å². The zero-order valence-electron chi connectivity index (χ0n) is 17.3. The van der Waals surface area contributed by atoms with Crippen molar-refractivity contribution in [3.63, 3.8) is 0 Å². The van der Waals surface area contributed by atoms with Crippen LogP contribution in [0.25, 0.3) is 0 Å². The first-order valence-electron chi connectivity index (χ1n) is 10.4. The Morgan fingerprint density at radius 2 is 1.77 bits per heavy atom. The van der Waals surface area contributed by atoms with Crippen molar-refractivity contribution in [2.45, 2.75) is 25.0 Å². The Balaban J connectivity index is 1.38. The van der Waals surface area contributed by atoms with E-state index in [0.29, 0.717) is 30.9 Å². The molecule has 0 amide bonds. The number of benzene rings is 1. The molecule has 0 bridgehead atoms. The fraction of sp³-hybridized carbons (Fsp3) is 0.524. The third-order valence-corrected chi connectivity index (χ3v) is 5.96. The fourth-order valence-corrected chi connectivity index (χ4v) is 4.37. The predicted molar refractivity (Wildman–Crippen MR) is 107 cm³/mol. The van der Waals surface area contributed by atoms with E-state index in [0.717, 1.165) is 38.9 Å². The lowest BCUT2D eigenvalue weighted by molar-refractivity contribution is -0.850. The van der Waals surface area contributed by atoms with Crippen LogP contribution in [0, 0.1) is 0 Å². The summed E-state index contributed by atoms with van der Waals surface area (Å²) < 4.78 is 11.5. The molecule has 4 rings (SSSR count). The largest absolute Gasteiger partial charge is 0.347 e. The van der Waals surface area contributed by atoms with Gasteiger partial charge in [-0.25, -0.2) is 10.7 Å². The van der Waals surface area contributed by atoms with Gasteiger partial charge in [-0.3, -0.25) is 9.59 Å². The fourth-order valence-electron chi connectivity index (χ4n) is 4.37. The maximum Gasteiger partial charge on any atom is 0.252 e. The number of hydrogen-bond donors (Lipinski definition) is 2. The molecule has 1 spiro atoms. The van der Waals surface area contributed by atoms with Crippen LogP contribution in [0.1, 0.15) is 40.0 Å². The topological polar surface area (TPSA) is 111 Å². The lowest BCUT2D eigenvalue weighted by Crippen LogP contribution is -2.83. The van der Waals surface area contributed by atoms with Gasteiger partial charge in [0.2, 0.25) is 11.5 Å². The number of fused-ring (bicyclic) bond motifs is 1. The maximum atomic E-state index is 13.1. The highest BCUT2D eigenvalue weighted by atomic mass is 16.7. The summed E-state index contributed by atoms with van der Waals surface area (Å²) in [5, 5.41) is 1.38. The highest BCUT2D eigenvalue weighted by Gasteiger charge is 2.40. The van der Waals surface area contributed by atoms with E-state index < -0.39 is 0 Å². The maximum absolute atomic E-state index is 13.1. The number of carbonyl (C=O) groups is 2.